The summed E-state index contributed by atoms with van der Waals surface area (Å²) in [5.41, 5.74) is 1.80. The van der Waals surface area contributed by atoms with Gasteiger partial charge in [-0.05, 0) is 38.5 Å². The van der Waals surface area contributed by atoms with E-state index in [0.717, 1.165) is 29.3 Å². The van der Waals surface area contributed by atoms with E-state index in [2.05, 4.69) is 0 Å². The number of nitro benzene ring substituents is 1. The molecule has 120 valence electrons. The third-order valence-corrected chi connectivity index (χ3v) is 3.45. The molecule has 23 heavy (non-hydrogen) atoms. The van der Waals surface area contributed by atoms with E-state index in [1.54, 1.807) is 13.0 Å². The van der Waals surface area contributed by atoms with E-state index in [1.807, 2.05) is 19.1 Å². The third-order valence-electron chi connectivity index (χ3n) is 3.45. The molecule has 0 radical (unpaired) electrons. The zero-order chi connectivity index (χ0) is 17.1. The molecule has 0 fully saturated rings. The summed E-state index contributed by atoms with van der Waals surface area (Å²) in [5.74, 6) is -1.25. The number of ether oxygens (including phenoxy) is 1. The smallest absolute Gasteiger partial charge is 0.311 e. The molecule has 0 unspecified atom stereocenters. The molecule has 1 atom stereocenters. The summed E-state index contributed by atoms with van der Waals surface area (Å²) in [6.45, 7) is 5.14. The maximum atomic E-state index is 13.3. The fourth-order valence-electron chi connectivity index (χ4n) is 2.20. The minimum Gasteiger partial charge on any atom is -0.475 e. The average Bonchev–Trinajstić information content (AvgIpc) is 2.48. The van der Waals surface area contributed by atoms with Crippen molar-refractivity contribution in [2.24, 2.45) is 0 Å². The summed E-state index contributed by atoms with van der Waals surface area (Å²) in [6.07, 6.45) is -0.976. The second-order valence-electron chi connectivity index (χ2n) is 5.31. The van der Waals surface area contributed by atoms with E-state index >= 15 is 0 Å². The van der Waals surface area contributed by atoms with Crippen molar-refractivity contribution < 1.29 is 18.8 Å². The number of nitrogens with zero attached hydrogens (tertiary/aromatic N) is 1. The van der Waals surface area contributed by atoms with Crippen LogP contribution < -0.4 is 4.74 Å². The van der Waals surface area contributed by atoms with Gasteiger partial charge < -0.3 is 4.74 Å². The standard InChI is InChI=1S/C17H16FNO4/c1-10-4-5-11(2)14(8-10)17(20)12(3)23-16-9-13(18)6-7-15(16)19(21)22/h4-9,12H,1-3H3/t12-/m0/s1. The first kappa shape index (κ1) is 16.6. The van der Waals surface area contributed by atoms with Gasteiger partial charge in [0.25, 0.3) is 0 Å². The van der Waals surface area contributed by atoms with Gasteiger partial charge in [0, 0.05) is 17.7 Å². The van der Waals surface area contributed by atoms with Crippen molar-refractivity contribution in [2.75, 3.05) is 0 Å². The molecule has 0 heterocycles. The number of ketones is 1. The second kappa shape index (κ2) is 6.56. The minimum atomic E-state index is -0.976. The maximum absolute atomic E-state index is 13.3. The first-order valence-electron chi connectivity index (χ1n) is 7.01. The van der Waals surface area contributed by atoms with Gasteiger partial charge in [-0.2, -0.15) is 0 Å². The van der Waals surface area contributed by atoms with Crippen molar-refractivity contribution in [3.8, 4) is 5.75 Å². The molecule has 0 aliphatic carbocycles. The summed E-state index contributed by atoms with van der Waals surface area (Å²) >= 11 is 0. The van der Waals surface area contributed by atoms with Crippen LogP contribution in [0.25, 0.3) is 0 Å². The van der Waals surface area contributed by atoms with Crippen LogP contribution in [0.15, 0.2) is 36.4 Å². The monoisotopic (exact) mass is 317 g/mol. The number of aryl methyl sites for hydroxylation is 2. The van der Waals surface area contributed by atoms with E-state index in [0.29, 0.717) is 5.56 Å². The predicted molar refractivity (Wildman–Crippen MR) is 83.4 cm³/mol. The zero-order valence-electron chi connectivity index (χ0n) is 13.0. The van der Waals surface area contributed by atoms with Gasteiger partial charge in [-0.25, -0.2) is 4.39 Å². The molecule has 0 aromatic heterocycles. The Bertz CT molecular complexity index is 773. The predicted octanol–water partition coefficient (Wildman–Crippen LogP) is 4.00. The highest BCUT2D eigenvalue weighted by atomic mass is 19.1. The molecule has 2 aromatic carbocycles. The van der Waals surface area contributed by atoms with E-state index in [4.69, 9.17) is 4.74 Å². The van der Waals surface area contributed by atoms with Crippen LogP contribution in [0.4, 0.5) is 10.1 Å². The number of Topliss-reactive ketones (excluding diaryl/α,β-unsaturated/α-hetero) is 1. The van der Waals surface area contributed by atoms with Crippen LogP contribution >= 0.6 is 0 Å². The molecule has 6 heteroatoms. The summed E-state index contributed by atoms with van der Waals surface area (Å²) in [7, 11) is 0. The number of hydrogen-bond donors (Lipinski definition) is 0. The Labute approximate surface area is 132 Å². The quantitative estimate of drug-likeness (QED) is 0.475. The highest BCUT2D eigenvalue weighted by molar-refractivity contribution is 6.00. The molecular weight excluding hydrogens is 301 g/mol. The highest BCUT2D eigenvalue weighted by Gasteiger charge is 2.23. The van der Waals surface area contributed by atoms with Gasteiger partial charge in [-0.3, -0.25) is 14.9 Å². The van der Waals surface area contributed by atoms with Gasteiger partial charge in [0.05, 0.1) is 4.92 Å². The van der Waals surface area contributed by atoms with Crippen LogP contribution in [-0.4, -0.2) is 16.8 Å². The van der Waals surface area contributed by atoms with Crippen LogP contribution in [0, 0.1) is 29.8 Å². The SMILES string of the molecule is Cc1ccc(C)c(C(=O)[C@H](C)Oc2cc(F)ccc2[N+](=O)[O-])c1. The molecular formula is C17H16FNO4. The topological polar surface area (TPSA) is 69.4 Å². The first-order valence-corrected chi connectivity index (χ1v) is 7.01. The number of rotatable bonds is 5. The van der Waals surface area contributed by atoms with Crippen molar-refractivity contribution in [3.63, 3.8) is 0 Å². The Balaban J connectivity index is 2.30. The molecule has 0 saturated carbocycles. The van der Waals surface area contributed by atoms with E-state index in [9.17, 15) is 19.3 Å². The van der Waals surface area contributed by atoms with Gasteiger partial charge in [0.2, 0.25) is 11.5 Å². The molecule has 0 saturated heterocycles. The third kappa shape index (κ3) is 3.71. The molecule has 5 nitrogen and oxygen atoms in total. The number of carbonyl (C=O) groups is 1. The number of benzene rings is 2. The highest BCUT2D eigenvalue weighted by Crippen LogP contribution is 2.29. The molecule has 2 aromatic rings. The zero-order valence-corrected chi connectivity index (χ0v) is 13.0. The van der Waals surface area contributed by atoms with Gasteiger partial charge in [-0.1, -0.05) is 17.7 Å². The van der Waals surface area contributed by atoms with Crippen LogP contribution in [0.5, 0.6) is 5.75 Å². The van der Waals surface area contributed by atoms with Crippen molar-refractivity contribution in [1.82, 2.24) is 0 Å². The molecule has 0 aliphatic rings. The number of hydrogen-bond acceptors (Lipinski definition) is 4. The Morgan fingerprint density at radius 2 is 1.91 bits per heavy atom. The molecule has 0 spiro atoms. The molecule has 0 amide bonds. The lowest BCUT2D eigenvalue weighted by Gasteiger charge is -2.15. The average molecular weight is 317 g/mol. The van der Waals surface area contributed by atoms with E-state index < -0.39 is 16.8 Å². The van der Waals surface area contributed by atoms with Crippen molar-refractivity contribution in [3.05, 3.63) is 69.0 Å². The second-order valence-corrected chi connectivity index (χ2v) is 5.31. The lowest BCUT2D eigenvalue weighted by Crippen LogP contribution is -2.25. The first-order chi connectivity index (χ1) is 10.8. The van der Waals surface area contributed by atoms with E-state index in [-0.39, 0.29) is 17.2 Å². The molecule has 0 N–H and O–H groups in total. The fourth-order valence-corrected chi connectivity index (χ4v) is 2.20. The number of carbonyl (C=O) groups excluding carboxylic acids is 1. The van der Waals surface area contributed by atoms with Crippen LogP contribution in [0.3, 0.4) is 0 Å². The van der Waals surface area contributed by atoms with Gasteiger partial charge in [0.1, 0.15) is 5.82 Å². The number of halogens is 1. The maximum Gasteiger partial charge on any atom is 0.311 e. The van der Waals surface area contributed by atoms with Gasteiger partial charge in [0.15, 0.2) is 6.10 Å². The molecule has 0 bridgehead atoms. The molecule has 0 aliphatic heterocycles. The number of nitro groups is 1. The Morgan fingerprint density at radius 3 is 2.57 bits per heavy atom. The fraction of sp³-hybridized carbons (Fsp3) is 0.235. The summed E-state index contributed by atoms with van der Waals surface area (Å²) < 4.78 is 18.7. The van der Waals surface area contributed by atoms with Crippen LogP contribution in [0.1, 0.15) is 28.4 Å². The van der Waals surface area contributed by atoms with Crippen molar-refractivity contribution in [2.45, 2.75) is 26.9 Å². The summed E-state index contributed by atoms with van der Waals surface area (Å²) in [4.78, 5) is 22.8. The van der Waals surface area contributed by atoms with Crippen LogP contribution in [0.2, 0.25) is 0 Å². The lowest BCUT2D eigenvalue weighted by atomic mass is 9.99. The lowest BCUT2D eigenvalue weighted by molar-refractivity contribution is -0.386. The Morgan fingerprint density at radius 1 is 1.22 bits per heavy atom. The van der Waals surface area contributed by atoms with E-state index in [1.165, 1.54) is 6.92 Å². The largest absolute Gasteiger partial charge is 0.475 e. The van der Waals surface area contributed by atoms with Gasteiger partial charge >= 0.3 is 5.69 Å². The Kier molecular flexibility index (Phi) is 4.74. The van der Waals surface area contributed by atoms with Crippen LogP contribution in [-0.2, 0) is 0 Å². The Hall–Kier alpha value is -2.76. The van der Waals surface area contributed by atoms with Gasteiger partial charge in [-0.15, -0.1) is 0 Å². The van der Waals surface area contributed by atoms with Crippen molar-refractivity contribution >= 4 is 11.5 Å². The molecule has 2 rings (SSSR count). The summed E-state index contributed by atoms with van der Waals surface area (Å²) in [5, 5.41) is 11.0. The minimum absolute atomic E-state index is 0.263. The normalized spacial score (nSPS) is 11.8. The van der Waals surface area contributed by atoms with Crippen molar-refractivity contribution in [1.29, 1.82) is 0 Å². The summed E-state index contributed by atoms with van der Waals surface area (Å²) in [6, 6.07) is 8.33.